The Kier molecular flexibility index (Phi) is 10.7. The van der Waals surface area contributed by atoms with Crippen molar-refractivity contribution < 1.29 is 27.4 Å². The number of likely N-dealkylation sites (tertiary alicyclic amines) is 1. The second-order valence-electron chi connectivity index (χ2n) is 6.61. The molecule has 2 rings (SSSR count). The lowest BCUT2D eigenvalue weighted by Crippen LogP contribution is -2.46. The SMILES string of the molecule is CN=C(NCc1cccc(COCC(F)(F)F)c1)N1CCC(C(=O)OC)CC1.I. The largest absolute Gasteiger partial charge is 0.469 e. The van der Waals surface area contributed by atoms with E-state index in [1.807, 2.05) is 6.07 Å². The van der Waals surface area contributed by atoms with Crippen LogP contribution in [0.25, 0.3) is 0 Å². The Balaban J connectivity index is 0.00000420. The average Bonchev–Trinajstić information content (AvgIpc) is 2.67. The van der Waals surface area contributed by atoms with Crippen LogP contribution in [0, 0.1) is 5.92 Å². The van der Waals surface area contributed by atoms with Crippen LogP contribution in [0.2, 0.25) is 0 Å². The fraction of sp³-hybridized carbons (Fsp3) is 0.579. The van der Waals surface area contributed by atoms with E-state index in [1.165, 1.54) is 7.11 Å². The molecule has 0 saturated carbocycles. The zero-order chi connectivity index (χ0) is 20.6. The number of hydrogen-bond donors (Lipinski definition) is 1. The summed E-state index contributed by atoms with van der Waals surface area (Å²) in [5, 5.41) is 3.26. The van der Waals surface area contributed by atoms with Gasteiger partial charge in [-0.15, -0.1) is 24.0 Å². The number of rotatable bonds is 6. The summed E-state index contributed by atoms with van der Waals surface area (Å²) < 4.78 is 46.0. The molecule has 6 nitrogen and oxygen atoms in total. The molecule has 0 aromatic heterocycles. The van der Waals surface area contributed by atoms with Gasteiger partial charge in [-0.25, -0.2) is 0 Å². The van der Waals surface area contributed by atoms with E-state index < -0.39 is 12.8 Å². The van der Waals surface area contributed by atoms with Crippen LogP contribution >= 0.6 is 24.0 Å². The molecular weight excluding hydrogens is 502 g/mol. The predicted molar refractivity (Wildman–Crippen MR) is 114 cm³/mol. The number of halogens is 4. The van der Waals surface area contributed by atoms with E-state index in [0.29, 0.717) is 38.0 Å². The van der Waals surface area contributed by atoms with Crippen LogP contribution < -0.4 is 5.32 Å². The highest BCUT2D eigenvalue weighted by atomic mass is 127. The van der Waals surface area contributed by atoms with E-state index in [0.717, 1.165) is 11.5 Å². The third kappa shape index (κ3) is 8.77. The zero-order valence-corrected chi connectivity index (χ0v) is 18.8. The van der Waals surface area contributed by atoms with Gasteiger partial charge in [0.15, 0.2) is 5.96 Å². The number of esters is 1. The number of aliphatic imine (C=N–C) groups is 1. The number of carbonyl (C=O) groups excluding carboxylic acids is 1. The van der Waals surface area contributed by atoms with Crippen LogP contribution in [0.5, 0.6) is 0 Å². The van der Waals surface area contributed by atoms with E-state index in [-0.39, 0.29) is 42.5 Å². The Bertz CT molecular complexity index is 678. The Hall–Kier alpha value is -1.56. The van der Waals surface area contributed by atoms with Crippen LogP contribution in [0.15, 0.2) is 29.3 Å². The molecule has 0 atom stereocenters. The maximum absolute atomic E-state index is 12.2. The summed E-state index contributed by atoms with van der Waals surface area (Å²) in [5.74, 6) is 0.474. The molecule has 0 amide bonds. The van der Waals surface area contributed by atoms with Crippen LogP contribution in [-0.2, 0) is 27.4 Å². The van der Waals surface area contributed by atoms with E-state index in [2.05, 4.69) is 15.2 Å². The first kappa shape index (κ1) is 25.5. The molecular formula is C19H27F3IN3O3. The highest BCUT2D eigenvalue weighted by Gasteiger charge is 2.28. The number of piperidine rings is 1. The van der Waals surface area contributed by atoms with E-state index in [9.17, 15) is 18.0 Å². The molecule has 1 heterocycles. The molecule has 1 aliphatic rings. The van der Waals surface area contributed by atoms with E-state index >= 15 is 0 Å². The second-order valence-corrected chi connectivity index (χ2v) is 6.61. The maximum Gasteiger partial charge on any atom is 0.411 e. The van der Waals surface area contributed by atoms with Crippen molar-refractivity contribution in [2.75, 3.05) is 33.9 Å². The molecule has 0 unspecified atom stereocenters. The van der Waals surface area contributed by atoms with Crippen molar-refractivity contribution >= 4 is 35.9 Å². The standard InChI is InChI=1S/C19H26F3N3O3.HI/c1-23-18(25-8-6-16(7-9-25)17(26)27-2)24-11-14-4-3-5-15(10-14)12-28-13-19(20,21)22;/h3-5,10,16H,6-9,11-13H2,1-2H3,(H,23,24);1H. The van der Waals surface area contributed by atoms with Gasteiger partial charge in [0.1, 0.15) is 6.61 Å². The molecule has 0 radical (unpaired) electrons. The first-order valence-electron chi connectivity index (χ1n) is 9.08. The highest BCUT2D eigenvalue weighted by molar-refractivity contribution is 14.0. The molecule has 1 aromatic carbocycles. The lowest BCUT2D eigenvalue weighted by Gasteiger charge is -2.33. The van der Waals surface area contributed by atoms with Gasteiger partial charge in [-0.05, 0) is 24.0 Å². The van der Waals surface area contributed by atoms with Crippen molar-refractivity contribution in [1.29, 1.82) is 0 Å². The van der Waals surface area contributed by atoms with Gasteiger partial charge in [0, 0.05) is 26.7 Å². The predicted octanol–water partition coefficient (Wildman–Crippen LogP) is 3.34. The van der Waals surface area contributed by atoms with Crippen LogP contribution in [0.3, 0.4) is 0 Å². The number of hydrogen-bond acceptors (Lipinski definition) is 4. The number of guanidine groups is 1. The minimum Gasteiger partial charge on any atom is -0.469 e. The smallest absolute Gasteiger partial charge is 0.411 e. The molecule has 0 aliphatic carbocycles. The molecule has 1 saturated heterocycles. The highest BCUT2D eigenvalue weighted by Crippen LogP contribution is 2.19. The number of nitrogens with zero attached hydrogens (tertiary/aromatic N) is 2. The van der Waals surface area contributed by atoms with Crippen molar-refractivity contribution in [3.05, 3.63) is 35.4 Å². The Labute approximate surface area is 185 Å². The van der Waals surface area contributed by atoms with Gasteiger partial charge in [-0.3, -0.25) is 9.79 Å². The number of benzene rings is 1. The summed E-state index contributed by atoms with van der Waals surface area (Å²) in [6, 6.07) is 7.21. The number of ether oxygens (including phenoxy) is 2. The van der Waals surface area contributed by atoms with Gasteiger partial charge >= 0.3 is 12.1 Å². The molecule has 1 aromatic rings. The Morgan fingerprint density at radius 3 is 2.52 bits per heavy atom. The van der Waals surface area contributed by atoms with Crippen molar-refractivity contribution in [3.8, 4) is 0 Å². The van der Waals surface area contributed by atoms with Crippen molar-refractivity contribution in [1.82, 2.24) is 10.2 Å². The quantitative estimate of drug-likeness (QED) is 0.265. The lowest BCUT2D eigenvalue weighted by atomic mass is 9.97. The number of methoxy groups -OCH3 is 1. The van der Waals surface area contributed by atoms with Crippen LogP contribution in [-0.4, -0.2) is 56.9 Å². The number of carbonyl (C=O) groups is 1. The summed E-state index contributed by atoms with van der Waals surface area (Å²) in [4.78, 5) is 18.0. The van der Waals surface area contributed by atoms with E-state index in [1.54, 1.807) is 25.2 Å². The summed E-state index contributed by atoms with van der Waals surface area (Å²) >= 11 is 0. The Morgan fingerprint density at radius 2 is 1.93 bits per heavy atom. The average molecular weight is 529 g/mol. The van der Waals surface area contributed by atoms with Gasteiger partial charge in [0.05, 0.1) is 19.6 Å². The van der Waals surface area contributed by atoms with Crippen molar-refractivity contribution in [3.63, 3.8) is 0 Å². The number of alkyl halides is 3. The molecule has 1 N–H and O–H groups in total. The van der Waals surface area contributed by atoms with Gasteiger partial charge in [-0.2, -0.15) is 13.2 Å². The van der Waals surface area contributed by atoms with Gasteiger partial charge in [0.2, 0.25) is 0 Å². The normalized spacial score (nSPS) is 15.6. The fourth-order valence-corrected chi connectivity index (χ4v) is 3.12. The van der Waals surface area contributed by atoms with Crippen LogP contribution in [0.1, 0.15) is 24.0 Å². The topological polar surface area (TPSA) is 63.2 Å². The molecule has 0 bridgehead atoms. The summed E-state index contributed by atoms with van der Waals surface area (Å²) in [6.07, 6.45) is -2.91. The van der Waals surface area contributed by atoms with Crippen molar-refractivity contribution in [2.24, 2.45) is 10.9 Å². The van der Waals surface area contributed by atoms with Gasteiger partial charge in [-0.1, -0.05) is 24.3 Å². The van der Waals surface area contributed by atoms with Crippen LogP contribution in [0.4, 0.5) is 13.2 Å². The Morgan fingerprint density at radius 1 is 1.28 bits per heavy atom. The third-order valence-corrected chi connectivity index (χ3v) is 4.52. The van der Waals surface area contributed by atoms with Gasteiger partial charge < -0.3 is 19.7 Å². The first-order valence-corrected chi connectivity index (χ1v) is 9.08. The fourth-order valence-electron chi connectivity index (χ4n) is 3.12. The summed E-state index contributed by atoms with van der Waals surface area (Å²) in [6.45, 7) is 0.527. The lowest BCUT2D eigenvalue weighted by molar-refractivity contribution is -0.176. The van der Waals surface area contributed by atoms with E-state index in [4.69, 9.17) is 9.47 Å². The molecule has 1 fully saturated rings. The molecule has 164 valence electrons. The number of nitrogens with one attached hydrogen (secondary N) is 1. The van der Waals surface area contributed by atoms with Crippen molar-refractivity contribution in [2.45, 2.75) is 32.2 Å². The first-order chi connectivity index (χ1) is 13.3. The minimum atomic E-state index is -4.33. The molecule has 29 heavy (non-hydrogen) atoms. The molecule has 0 spiro atoms. The molecule has 1 aliphatic heterocycles. The summed E-state index contributed by atoms with van der Waals surface area (Å²) in [7, 11) is 3.09. The second kappa shape index (κ2) is 12.2. The zero-order valence-electron chi connectivity index (χ0n) is 16.5. The third-order valence-electron chi connectivity index (χ3n) is 4.52. The monoisotopic (exact) mass is 529 g/mol. The minimum absolute atomic E-state index is 0. The summed E-state index contributed by atoms with van der Waals surface area (Å²) in [5.41, 5.74) is 1.59. The molecule has 10 heteroatoms. The maximum atomic E-state index is 12.2. The van der Waals surface area contributed by atoms with Gasteiger partial charge in [0.25, 0.3) is 0 Å².